The van der Waals surface area contributed by atoms with Gasteiger partial charge < -0.3 is 20.1 Å². The maximum atomic E-state index is 5.95. The van der Waals surface area contributed by atoms with Crippen molar-refractivity contribution in [3.8, 4) is 5.75 Å². The van der Waals surface area contributed by atoms with Crippen LogP contribution < -0.4 is 15.4 Å². The van der Waals surface area contributed by atoms with E-state index < -0.39 is 0 Å². The number of para-hydroxylation sites is 1. The van der Waals surface area contributed by atoms with Crippen LogP contribution in [0.4, 0.5) is 0 Å². The lowest BCUT2D eigenvalue weighted by Crippen LogP contribution is -2.45. The van der Waals surface area contributed by atoms with Crippen LogP contribution in [0.2, 0.25) is 0 Å². The Balaban J connectivity index is 1.77. The Bertz CT molecular complexity index is 551. The molecule has 0 spiro atoms. The van der Waals surface area contributed by atoms with Crippen LogP contribution in [-0.2, 0) is 4.74 Å². The van der Waals surface area contributed by atoms with E-state index in [2.05, 4.69) is 61.4 Å². The van der Waals surface area contributed by atoms with Gasteiger partial charge in [-0.05, 0) is 38.8 Å². The molecule has 0 radical (unpaired) electrons. The zero-order chi connectivity index (χ0) is 18.8. The third kappa shape index (κ3) is 6.50. The van der Waals surface area contributed by atoms with E-state index in [4.69, 9.17) is 14.5 Å². The minimum Gasteiger partial charge on any atom is -0.491 e. The number of nitrogens with one attached hydrogen (secondary N) is 2. The monoisotopic (exact) mass is 362 g/mol. The molecule has 1 aliphatic heterocycles. The van der Waals surface area contributed by atoms with Crippen molar-refractivity contribution < 1.29 is 9.47 Å². The molecule has 0 bridgehead atoms. The fourth-order valence-corrected chi connectivity index (χ4v) is 3.05. The number of hydrogen-bond acceptors (Lipinski definition) is 4. The fraction of sp³-hybridized carbons (Fsp3) is 0.650. The van der Waals surface area contributed by atoms with Crippen molar-refractivity contribution in [2.24, 2.45) is 4.99 Å². The highest BCUT2D eigenvalue weighted by Gasteiger charge is 2.16. The van der Waals surface area contributed by atoms with E-state index in [9.17, 15) is 0 Å². The summed E-state index contributed by atoms with van der Waals surface area (Å²) < 4.78 is 11.4. The zero-order valence-corrected chi connectivity index (χ0v) is 16.7. The molecular formula is C20H34N4O2. The molecule has 6 heteroatoms. The molecule has 0 amide bonds. The first-order chi connectivity index (χ1) is 12.6. The van der Waals surface area contributed by atoms with Crippen LogP contribution in [0.3, 0.4) is 0 Å². The Morgan fingerprint density at radius 3 is 2.58 bits per heavy atom. The molecule has 1 unspecified atom stereocenters. The number of morpholine rings is 1. The van der Waals surface area contributed by atoms with Gasteiger partial charge in [-0.25, -0.2) is 0 Å². The highest BCUT2D eigenvalue weighted by atomic mass is 16.5. The quantitative estimate of drug-likeness (QED) is 0.421. The topological polar surface area (TPSA) is 58.1 Å². The van der Waals surface area contributed by atoms with Gasteiger partial charge in [-0.2, -0.15) is 0 Å². The SMILES string of the molecule is CCNC(=NCC(C)N1CCOCC1)NCCOc1c(C)cccc1C. The number of aryl methyl sites for hydroxylation is 2. The van der Waals surface area contributed by atoms with Crippen molar-refractivity contribution in [2.75, 3.05) is 52.5 Å². The highest BCUT2D eigenvalue weighted by Crippen LogP contribution is 2.21. The summed E-state index contributed by atoms with van der Waals surface area (Å²) in [6.45, 7) is 15.0. The molecular weight excluding hydrogens is 328 g/mol. The number of ether oxygens (including phenoxy) is 2. The maximum absolute atomic E-state index is 5.95. The summed E-state index contributed by atoms with van der Waals surface area (Å²) in [4.78, 5) is 7.16. The molecule has 1 atom stereocenters. The summed E-state index contributed by atoms with van der Waals surface area (Å²) in [5, 5.41) is 6.66. The molecule has 26 heavy (non-hydrogen) atoms. The molecule has 0 aliphatic carbocycles. The largest absolute Gasteiger partial charge is 0.491 e. The number of hydrogen-bond donors (Lipinski definition) is 2. The van der Waals surface area contributed by atoms with Crippen molar-refractivity contribution in [2.45, 2.75) is 33.7 Å². The number of rotatable bonds is 8. The fourth-order valence-electron chi connectivity index (χ4n) is 3.05. The molecule has 6 nitrogen and oxygen atoms in total. The highest BCUT2D eigenvalue weighted by molar-refractivity contribution is 5.79. The first kappa shape index (κ1) is 20.5. The molecule has 1 aliphatic rings. The summed E-state index contributed by atoms with van der Waals surface area (Å²) in [6, 6.07) is 6.63. The van der Waals surface area contributed by atoms with Gasteiger partial charge in [-0.3, -0.25) is 9.89 Å². The molecule has 1 aromatic rings. The maximum Gasteiger partial charge on any atom is 0.191 e. The predicted molar refractivity (Wildman–Crippen MR) is 107 cm³/mol. The summed E-state index contributed by atoms with van der Waals surface area (Å²) in [5.41, 5.74) is 2.34. The average molecular weight is 363 g/mol. The van der Waals surface area contributed by atoms with Crippen LogP contribution in [0.15, 0.2) is 23.2 Å². The van der Waals surface area contributed by atoms with E-state index in [1.807, 2.05) is 0 Å². The number of nitrogens with zero attached hydrogens (tertiary/aromatic N) is 2. The third-order valence-corrected chi connectivity index (χ3v) is 4.58. The Hall–Kier alpha value is -1.79. The van der Waals surface area contributed by atoms with E-state index in [0.717, 1.165) is 51.1 Å². The van der Waals surface area contributed by atoms with E-state index in [-0.39, 0.29) is 0 Å². The standard InChI is InChI=1S/C20H34N4O2/c1-5-21-20(23-15-18(4)24-10-13-25-14-11-24)22-9-12-26-19-16(2)7-6-8-17(19)3/h6-8,18H,5,9-15H2,1-4H3,(H2,21,22,23). The van der Waals surface area contributed by atoms with Crippen LogP contribution >= 0.6 is 0 Å². The molecule has 0 saturated carbocycles. The molecule has 2 rings (SSSR count). The Kier molecular flexibility index (Phi) is 8.71. The normalized spacial score (nSPS) is 17.0. The third-order valence-electron chi connectivity index (χ3n) is 4.58. The van der Waals surface area contributed by atoms with Gasteiger partial charge in [0.2, 0.25) is 0 Å². The summed E-state index contributed by atoms with van der Waals surface area (Å²) in [5.74, 6) is 1.83. The van der Waals surface area contributed by atoms with Crippen molar-refractivity contribution in [1.29, 1.82) is 0 Å². The number of guanidine groups is 1. The lowest BCUT2D eigenvalue weighted by atomic mass is 10.1. The molecule has 1 fully saturated rings. The van der Waals surface area contributed by atoms with Gasteiger partial charge in [-0.1, -0.05) is 18.2 Å². The first-order valence-corrected chi connectivity index (χ1v) is 9.64. The van der Waals surface area contributed by atoms with Crippen molar-refractivity contribution >= 4 is 5.96 Å². The second-order valence-corrected chi connectivity index (χ2v) is 6.71. The lowest BCUT2D eigenvalue weighted by Gasteiger charge is -2.31. The van der Waals surface area contributed by atoms with E-state index in [1.165, 1.54) is 11.1 Å². The predicted octanol–water partition coefficient (Wildman–Crippen LogP) is 1.96. The number of benzene rings is 1. The summed E-state index contributed by atoms with van der Waals surface area (Å²) in [7, 11) is 0. The van der Waals surface area contributed by atoms with Crippen LogP contribution in [0.25, 0.3) is 0 Å². The van der Waals surface area contributed by atoms with Gasteiger partial charge in [-0.15, -0.1) is 0 Å². The number of aliphatic imine (C=N–C) groups is 1. The minimum absolute atomic E-state index is 0.417. The van der Waals surface area contributed by atoms with Crippen LogP contribution in [0.1, 0.15) is 25.0 Å². The Morgan fingerprint density at radius 2 is 1.92 bits per heavy atom. The van der Waals surface area contributed by atoms with Crippen molar-refractivity contribution in [3.05, 3.63) is 29.3 Å². The van der Waals surface area contributed by atoms with Crippen LogP contribution in [0.5, 0.6) is 5.75 Å². The molecule has 2 N–H and O–H groups in total. The van der Waals surface area contributed by atoms with E-state index in [1.54, 1.807) is 0 Å². The van der Waals surface area contributed by atoms with Crippen LogP contribution in [-0.4, -0.2) is 69.4 Å². The van der Waals surface area contributed by atoms with Gasteiger partial charge in [0, 0.05) is 25.7 Å². The molecule has 1 heterocycles. The smallest absolute Gasteiger partial charge is 0.191 e. The Labute approximate surface area is 158 Å². The van der Waals surface area contributed by atoms with Gasteiger partial charge in [0.15, 0.2) is 5.96 Å². The molecule has 146 valence electrons. The lowest BCUT2D eigenvalue weighted by molar-refractivity contribution is 0.0220. The molecule has 1 saturated heterocycles. The van der Waals surface area contributed by atoms with Crippen molar-refractivity contribution in [1.82, 2.24) is 15.5 Å². The minimum atomic E-state index is 0.417. The van der Waals surface area contributed by atoms with E-state index in [0.29, 0.717) is 19.2 Å². The average Bonchev–Trinajstić information content (AvgIpc) is 2.65. The van der Waals surface area contributed by atoms with E-state index >= 15 is 0 Å². The van der Waals surface area contributed by atoms with Crippen LogP contribution in [0, 0.1) is 13.8 Å². The van der Waals surface area contributed by atoms with Crippen molar-refractivity contribution in [3.63, 3.8) is 0 Å². The van der Waals surface area contributed by atoms with Gasteiger partial charge in [0.05, 0.1) is 26.3 Å². The Morgan fingerprint density at radius 1 is 1.23 bits per heavy atom. The van der Waals surface area contributed by atoms with Gasteiger partial charge >= 0.3 is 0 Å². The second-order valence-electron chi connectivity index (χ2n) is 6.71. The molecule has 0 aromatic heterocycles. The first-order valence-electron chi connectivity index (χ1n) is 9.64. The van der Waals surface area contributed by atoms with Gasteiger partial charge in [0.25, 0.3) is 0 Å². The second kappa shape index (κ2) is 11.0. The zero-order valence-electron chi connectivity index (χ0n) is 16.7. The summed E-state index contributed by atoms with van der Waals surface area (Å²) in [6.07, 6.45) is 0. The van der Waals surface area contributed by atoms with Gasteiger partial charge in [0.1, 0.15) is 12.4 Å². The summed E-state index contributed by atoms with van der Waals surface area (Å²) >= 11 is 0. The molecule has 1 aromatic carbocycles.